The Morgan fingerprint density at radius 3 is 1.71 bits per heavy atom. The molecule has 3 heterocycles. The van der Waals surface area contributed by atoms with E-state index < -0.39 is 0 Å². The molecular weight excluding hydrogens is 701 g/mol. The Bertz CT molecular complexity index is 3240. The lowest BCUT2D eigenvalue weighted by Gasteiger charge is -2.13. The molecule has 11 aromatic rings. The van der Waals surface area contributed by atoms with Gasteiger partial charge >= 0.3 is 0 Å². The van der Waals surface area contributed by atoms with Crippen LogP contribution in [0.1, 0.15) is 0 Å². The van der Waals surface area contributed by atoms with E-state index in [1.807, 2.05) is 29.5 Å². The maximum absolute atomic E-state index is 6.76. The number of aromatic nitrogens is 2. The number of fused-ring (bicyclic) bond motifs is 6. The molecule has 3 aromatic heterocycles. The van der Waals surface area contributed by atoms with Gasteiger partial charge in [0, 0.05) is 58.8 Å². The lowest BCUT2D eigenvalue weighted by Crippen LogP contribution is -1.97. The van der Waals surface area contributed by atoms with Crippen LogP contribution in [0, 0.1) is 0 Å². The molecule has 0 aliphatic carbocycles. The van der Waals surface area contributed by atoms with Gasteiger partial charge in [0.05, 0.1) is 11.4 Å². The van der Waals surface area contributed by atoms with Crippen LogP contribution in [0.15, 0.2) is 199 Å². The van der Waals surface area contributed by atoms with Gasteiger partial charge in [0.15, 0.2) is 5.82 Å². The summed E-state index contributed by atoms with van der Waals surface area (Å²) in [5.74, 6) is 0.695. The van der Waals surface area contributed by atoms with Crippen molar-refractivity contribution in [1.82, 2.24) is 9.97 Å². The molecule has 0 atom stereocenters. The molecule has 0 saturated heterocycles. The Morgan fingerprint density at radius 2 is 0.929 bits per heavy atom. The minimum Gasteiger partial charge on any atom is -0.455 e. The third kappa shape index (κ3) is 5.42. The third-order valence-corrected chi connectivity index (χ3v) is 12.0. The molecular formula is C52H32N2OS. The Kier molecular flexibility index (Phi) is 7.68. The predicted octanol–water partition coefficient (Wildman–Crippen LogP) is 14.7. The van der Waals surface area contributed by atoms with E-state index in [1.54, 1.807) is 0 Å². The van der Waals surface area contributed by atoms with Gasteiger partial charge in [-0.25, -0.2) is 9.97 Å². The zero-order valence-electron chi connectivity index (χ0n) is 30.2. The summed E-state index contributed by atoms with van der Waals surface area (Å²) in [7, 11) is 0. The Balaban J connectivity index is 1.05. The van der Waals surface area contributed by atoms with Crippen molar-refractivity contribution in [2.45, 2.75) is 0 Å². The fourth-order valence-electron chi connectivity index (χ4n) is 8.08. The van der Waals surface area contributed by atoms with Crippen LogP contribution in [0.4, 0.5) is 0 Å². The second-order valence-corrected chi connectivity index (χ2v) is 15.1. The standard InChI is InChI=1S/C52H32N2OS/c1-3-14-33(15-4-1)37-18-7-8-20-43(37)52-53-45(35-16-5-2-6-17-35)32-46(54-52)36-28-26-34(27-29-36)38-30-31-40(50-49(38)44-21-9-11-24-47(44)55-50)42-23-13-22-41-39-19-10-12-25-48(39)56-51(41)42/h1-32H. The van der Waals surface area contributed by atoms with Crippen LogP contribution in [-0.4, -0.2) is 9.97 Å². The number of rotatable bonds is 6. The smallest absolute Gasteiger partial charge is 0.161 e. The summed E-state index contributed by atoms with van der Waals surface area (Å²) in [6, 6.07) is 68.2. The average molecular weight is 733 g/mol. The fraction of sp³-hybridized carbons (Fsp3) is 0. The van der Waals surface area contributed by atoms with Gasteiger partial charge in [0.1, 0.15) is 11.2 Å². The molecule has 0 aliphatic rings. The van der Waals surface area contributed by atoms with E-state index in [9.17, 15) is 0 Å². The normalized spacial score (nSPS) is 11.6. The largest absolute Gasteiger partial charge is 0.455 e. The van der Waals surface area contributed by atoms with Crippen LogP contribution in [0.25, 0.3) is 109 Å². The predicted molar refractivity (Wildman–Crippen MR) is 235 cm³/mol. The Labute approximate surface area is 327 Å². The number of nitrogens with zero attached hydrogens (tertiary/aromatic N) is 2. The van der Waals surface area contributed by atoms with Gasteiger partial charge in [-0.15, -0.1) is 11.3 Å². The van der Waals surface area contributed by atoms with E-state index in [1.165, 1.54) is 25.7 Å². The van der Waals surface area contributed by atoms with Crippen molar-refractivity contribution < 1.29 is 4.42 Å². The molecule has 0 radical (unpaired) electrons. The molecule has 11 rings (SSSR count). The molecule has 8 aromatic carbocycles. The van der Waals surface area contributed by atoms with E-state index in [4.69, 9.17) is 14.4 Å². The van der Waals surface area contributed by atoms with Gasteiger partial charge in [-0.3, -0.25) is 0 Å². The summed E-state index contributed by atoms with van der Waals surface area (Å²) in [6.45, 7) is 0. The monoisotopic (exact) mass is 732 g/mol. The third-order valence-electron chi connectivity index (χ3n) is 10.8. The number of hydrogen-bond acceptors (Lipinski definition) is 4. The summed E-state index contributed by atoms with van der Waals surface area (Å²) in [6.07, 6.45) is 0. The highest BCUT2D eigenvalue weighted by molar-refractivity contribution is 7.26. The highest BCUT2D eigenvalue weighted by Gasteiger charge is 2.20. The lowest BCUT2D eigenvalue weighted by atomic mass is 9.93. The molecule has 262 valence electrons. The second kappa shape index (κ2) is 13.3. The first-order valence-corrected chi connectivity index (χ1v) is 19.6. The van der Waals surface area contributed by atoms with Crippen LogP contribution in [0.2, 0.25) is 0 Å². The minimum absolute atomic E-state index is 0.695. The first-order chi connectivity index (χ1) is 27.8. The fourth-order valence-corrected chi connectivity index (χ4v) is 9.31. The Hall–Kier alpha value is -7.14. The molecule has 0 amide bonds. The molecule has 0 bridgehead atoms. The summed E-state index contributed by atoms with van der Waals surface area (Å²) >= 11 is 1.85. The van der Waals surface area contributed by atoms with E-state index in [2.05, 4.69) is 176 Å². The SMILES string of the molecule is c1ccc(-c2cc(-c3ccc(-c4ccc(-c5cccc6c5sc5ccccc56)c5oc6ccccc6c45)cc3)nc(-c3ccccc3-c3ccccc3)n2)cc1. The molecule has 0 unspecified atom stereocenters. The van der Waals surface area contributed by atoms with Crippen LogP contribution < -0.4 is 0 Å². The van der Waals surface area contributed by atoms with E-state index in [0.29, 0.717) is 5.82 Å². The highest BCUT2D eigenvalue weighted by atomic mass is 32.1. The van der Waals surface area contributed by atoms with Crippen molar-refractivity contribution in [1.29, 1.82) is 0 Å². The highest BCUT2D eigenvalue weighted by Crippen LogP contribution is 2.46. The maximum atomic E-state index is 6.76. The van der Waals surface area contributed by atoms with Crippen molar-refractivity contribution in [3.63, 3.8) is 0 Å². The van der Waals surface area contributed by atoms with Gasteiger partial charge in [-0.05, 0) is 46.5 Å². The van der Waals surface area contributed by atoms with Crippen LogP contribution in [0.3, 0.4) is 0 Å². The van der Waals surface area contributed by atoms with Gasteiger partial charge < -0.3 is 4.42 Å². The first-order valence-electron chi connectivity index (χ1n) is 18.8. The van der Waals surface area contributed by atoms with Gasteiger partial charge in [-0.1, -0.05) is 170 Å². The van der Waals surface area contributed by atoms with Crippen molar-refractivity contribution in [2.24, 2.45) is 0 Å². The second-order valence-electron chi connectivity index (χ2n) is 14.1. The molecule has 0 spiro atoms. The zero-order valence-corrected chi connectivity index (χ0v) is 31.0. The maximum Gasteiger partial charge on any atom is 0.161 e. The lowest BCUT2D eigenvalue weighted by molar-refractivity contribution is 0.670. The molecule has 3 nitrogen and oxygen atoms in total. The number of furan rings is 1. The number of hydrogen-bond donors (Lipinski definition) is 0. The van der Waals surface area contributed by atoms with E-state index >= 15 is 0 Å². The minimum atomic E-state index is 0.695. The van der Waals surface area contributed by atoms with Crippen molar-refractivity contribution >= 4 is 53.4 Å². The summed E-state index contributed by atoms with van der Waals surface area (Å²) in [4.78, 5) is 10.4. The van der Waals surface area contributed by atoms with E-state index in [0.717, 1.165) is 77.8 Å². The zero-order chi connectivity index (χ0) is 37.0. The van der Waals surface area contributed by atoms with Gasteiger partial charge in [0.25, 0.3) is 0 Å². The van der Waals surface area contributed by atoms with Crippen LogP contribution in [-0.2, 0) is 0 Å². The Morgan fingerprint density at radius 1 is 0.375 bits per heavy atom. The van der Waals surface area contributed by atoms with Gasteiger partial charge in [-0.2, -0.15) is 0 Å². The summed E-state index contributed by atoms with van der Waals surface area (Å²) < 4.78 is 9.32. The van der Waals surface area contributed by atoms with Crippen LogP contribution >= 0.6 is 11.3 Å². The average Bonchev–Trinajstić information content (AvgIpc) is 3.86. The summed E-state index contributed by atoms with van der Waals surface area (Å²) in [5.41, 5.74) is 13.4. The molecule has 0 fully saturated rings. The first kappa shape index (κ1) is 32.3. The van der Waals surface area contributed by atoms with E-state index in [-0.39, 0.29) is 0 Å². The molecule has 56 heavy (non-hydrogen) atoms. The van der Waals surface area contributed by atoms with Crippen molar-refractivity contribution in [3.05, 3.63) is 194 Å². The number of para-hydroxylation sites is 1. The van der Waals surface area contributed by atoms with Crippen molar-refractivity contribution in [3.8, 4) is 67.3 Å². The summed E-state index contributed by atoms with van der Waals surface area (Å²) in [5, 5.41) is 4.80. The van der Waals surface area contributed by atoms with Crippen molar-refractivity contribution in [2.75, 3.05) is 0 Å². The number of thiophene rings is 1. The van der Waals surface area contributed by atoms with Crippen LogP contribution in [0.5, 0.6) is 0 Å². The van der Waals surface area contributed by atoms with Gasteiger partial charge in [0.2, 0.25) is 0 Å². The molecule has 0 saturated carbocycles. The molecule has 4 heteroatoms. The molecule has 0 N–H and O–H groups in total. The topological polar surface area (TPSA) is 38.9 Å². The molecule has 0 aliphatic heterocycles. The number of benzene rings is 8. The quantitative estimate of drug-likeness (QED) is 0.171.